The zero-order valence-corrected chi connectivity index (χ0v) is 8.58. The highest BCUT2D eigenvalue weighted by Crippen LogP contribution is 2.12. The lowest BCUT2D eigenvalue weighted by Crippen LogP contribution is -2.27. The van der Waals surface area contributed by atoms with E-state index < -0.39 is 6.04 Å². The second kappa shape index (κ2) is 5.34. The van der Waals surface area contributed by atoms with Gasteiger partial charge in [-0.15, -0.1) is 0 Å². The number of carbonyl (C=O) groups is 1. The summed E-state index contributed by atoms with van der Waals surface area (Å²) < 4.78 is 4.65. The van der Waals surface area contributed by atoms with Gasteiger partial charge in [-0.1, -0.05) is 42.5 Å². The zero-order chi connectivity index (χ0) is 10.4. The Hall–Kier alpha value is -1.42. The lowest BCUT2D eigenvalue weighted by Gasteiger charge is -2.14. The average molecular weight is 209 g/mol. The van der Waals surface area contributed by atoms with Gasteiger partial charge >= 0.3 is 5.97 Å². The van der Waals surface area contributed by atoms with E-state index >= 15 is 0 Å². The number of methoxy groups -OCH3 is 1. The van der Waals surface area contributed by atoms with Crippen LogP contribution in [0.5, 0.6) is 0 Å². The number of esters is 1. The molecule has 1 atom stereocenters. The quantitative estimate of drug-likeness (QED) is 0.601. The van der Waals surface area contributed by atoms with Crippen molar-refractivity contribution in [3.8, 4) is 0 Å². The minimum atomic E-state index is -0.515. The summed E-state index contributed by atoms with van der Waals surface area (Å²) in [7, 11) is 1.35. The Morgan fingerprint density at radius 2 is 2.14 bits per heavy atom. The van der Waals surface area contributed by atoms with E-state index in [0.717, 1.165) is 5.56 Å². The summed E-state index contributed by atoms with van der Waals surface area (Å²) >= 11 is 4.65. The summed E-state index contributed by atoms with van der Waals surface area (Å²) in [6, 6.07) is 8.77. The normalized spacial score (nSPS) is 11.5. The maximum atomic E-state index is 11.4. The Labute approximate surface area is 88.1 Å². The molecule has 1 unspecified atom stereocenters. The molecular weight excluding hydrogens is 198 g/mol. The van der Waals surface area contributed by atoms with Gasteiger partial charge in [0, 0.05) is 0 Å². The highest BCUT2D eigenvalue weighted by atomic mass is 32.1. The molecule has 1 aromatic carbocycles. The van der Waals surface area contributed by atoms with Gasteiger partial charge in [0.15, 0.2) is 6.04 Å². The van der Waals surface area contributed by atoms with Gasteiger partial charge in [-0.3, -0.25) is 0 Å². The molecule has 0 amide bonds. The van der Waals surface area contributed by atoms with E-state index in [1.54, 1.807) is 0 Å². The zero-order valence-electron chi connectivity index (χ0n) is 7.77. The molecular formula is C10H11NO2S. The molecule has 0 spiro atoms. The van der Waals surface area contributed by atoms with Crippen LogP contribution in [0, 0.1) is 0 Å². The largest absolute Gasteiger partial charge is 0.467 e. The third-order valence-electron chi connectivity index (χ3n) is 1.80. The molecule has 0 aliphatic carbocycles. The van der Waals surface area contributed by atoms with Crippen LogP contribution < -0.4 is 5.32 Å². The molecule has 0 radical (unpaired) electrons. The molecule has 4 heteroatoms. The smallest absolute Gasteiger partial charge is 0.332 e. The molecule has 0 aliphatic heterocycles. The topological polar surface area (TPSA) is 38.3 Å². The predicted octanol–water partition coefficient (Wildman–Crippen LogP) is 1.45. The standard InChI is InChI=1S/C10H11NO2S/c1-13-10(12)9(11-7-14)8-5-3-2-4-6-8/h2-7,9H,1H3,(H,11,14). The fraction of sp³-hybridized carbons (Fsp3) is 0.200. The van der Waals surface area contributed by atoms with Crippen molar-refractivity contribution in [3.05, 3.63) is 35.9 Å². The first-order chi connectivity index (χ1) is 6.79. The van der Waals surface area contributed by atoms with Crippen LogP contribution in [0.2, 0.25) is 0 Å². The molecule has 0 bridgehead atoms. The predicted molar refractivity (Wildman–Crippen MR) is 58.0 cm³/mol. The second-order valence-corrected chi connectivity index (χ2v) is 2.89. The van der Waals surface area contributed by atoms with Gasteiger partial charge < -0.3 is 10.1 Å². The summed E-state index contributed by atoms with van der Waals surface area (Å²) in [5, 5.41) is 2.76. The van der Waals surface area contributed by atoms with Crippen LogP contribution in [0.15, 0.2) is 30.3 Å². The fourth-order valence-electron chi connectivity index (χ4n) is 1.13. The minimum absolute atomic E-state index is 0.350. The van der Waals surface area contributed by atoms with Crippen LogP contribution in [-0.4, -0.2) is 18.6 Å². The highest BCUT2D eigenvalue weighted by molar-refractivity contribution is 7.78. The van der Waals surface area contributed by atoms with Gasteiger partial charge in [0.25, 0.3) is 0 Å². The maximum Gasteiger partial charge on any atom is 0.332 e. The monoisotopic (exact) mass is 209 g/mol. The van der Waals surface area contributed by atoms with Crippen LogP contribution in [-0.2, 0) is 9.53 Å². The summed E-state index contributed by atoms with van der Waals surface area (Å²) in [5.74, 6) is -0.350. The molecule has 1 N–H and O–H groups in total. The van der Waals surface area contributed by atoms with Gasteiger partial charge in [-0.05, 0) is 5.56 Å². The van der Waals surface area contributed by atoms with E-state index in [1.165, 1.54) is 12.6 Å². The molecule has 0 heterocycles. The molecule has 0 aliphatic rings. The van der Waals surface area contributed by atoms with Crippen molar-refractivity contribution in [2.75, 3.05) is 7.11 Å². The summed E-state index contributed by atoms with van der Waals surface area (Å²) in [6.45, 7) is 0. The number of hydrogen-bond donors (Lipinski definition) is 1. The van der Waals surface area contributed by atoms with Gasteiger partial charge in [0.2, 0.25) is 0 Å². The van der Waals surface area contributed by atoms with Gasteiger partial charge in [-0.25, -0.2) is 4.79 Å². The van der Waals surface area contributed by atoms with Gasteiger partial charge in [0.05, 0.1) is 12.6 Å². The van der Waals surface area contributed by atoms with Crippen LogP contribution in [0.3, 0.4) is 0 Å². The number of hydrogen-bond acceptors (Lipinski definition) is 3. The van der Waals surface area contributed by atoms with E-state index in [0.29, 0.717) is 0 Å². The lowest BCUT2D eigenvalue weighted by molar-refractivity contribution is -0.142. The summed E-state index contributed by atoms with van der Waals surface area (Å²) in [6.07, 6.45) is 0. The Kier molecular flexibility index (Phi) is 4.07. The summed E-state index contributed by atoms with van der Waals surface area (Å²) in [5.41, 5.74) is 2.15. The molecule has 1 aromatic rings. The fourth-order valence-corrected chi connectivity index (χ4v) is 1.27. The van der Waals surface area contributed by atoms with E-state index in [2.05, 4.69) is 22.3 Å². The average Bonchev–Trinajstić information content (AvgIpc) is 2.26. The van der Waals surface area contributed by atoms with Crippen molar-refractivity contribution in [2.45, 2.75) is 6.04 Å². The minimum Gasteiger partial charge on any atom is -0.467 e. The Morgan fingerprint density at radius 3 is 2.64 bits per heavy atom. The van der Waals surface area contributed by atoms with Crippen LogP contribution in [0.1, 0.15) is 11.6 Å². The number of nitrogens with one attached hydrogen (secondary N) is 1. The summed E-state index contributed by atoms with van der Waals surface area (Å²) in [4.78, 5) is 11.4. The van der Waals surface area contributed by atoms with E-state index in [-0.39, 0.29) is 5.97 Å². The van der Waals surface area contributed by atoms with Crippen molar-refractivity contribution in [3.63, 3.8) is 0 Å². The molecule has 0 fully saturated rings. The molecule has 3 nitrogen and oxygen atoms in total. The molecule has 0 saturated heterocycles. The van der Waals surface area contributed by atoms with Gasteiger partial charge in [-0.2, -0.15) is 0 Å². The van der Waals surface area contributed by atoms with Crippen molar-refractivity contribution in [2.24, 2.45) is 0 Å². The molecule has 14 heavy (non-hydrogen) atoms. The molecule has 0 aromatic heterocycles. The maximum absolute atomic E-state index is 11.4. The third-order valence-corrected chi connectivity index (χ3v) is 1.94. The van der Waals surface area contributed by atoms with E-state index in [4.69, 9.17) is 0 Å². The lowest BCUT2D eigenvalue weighted by atomic mass is 10.1. The second-order valence-electron chi connectivity index (χ2n) is 2.65. The first-order valence-electron chi connectivity index (χ1n) is 4.12. The molecule has 0 saturated carbocycles. The first kappa shape index (κ1) is 10.7. The number of ether oxygens (including phenoxy) is 1. The van der Waals surface area contributed by atoms with Crippen molar-refractivity contribution < 1.29 is 9.53 Å². The van der Waals surface area contributed by atoms with E-state index in [9.17, 15) is 4.79 Å². The Balaban J connectivity index is 2.88. The first-order valence-corrected chi connectivity index (χ1v) is 4.59. The van der Waals surface area contributed by atoms with Crippen molar-refractivity contribution in [1.29, 1.82) is 0 Å². The van der Waals surface area contributed by atoms with Crippen LogP contribution in [0.4, 0.5) is 0 Å². The number of carbonyl (C=O) groups excluding carboxylic acids is 1. The Bertz CT molecular complexity index is 313. The number of benzene rings is 1. The van der Waals surface area contributed by atoms with Gasteiger partial charge in [0.1, 0.15) is 0 Å². The number of thiocarbonyl (C=S) groups is 1. The van der Waals surface area contributed by atoms with Crippen molar-refractivity contribution in [1.82, 2.24) is 5.32 Å². The van der Waals surface area contributed by atoms with Crippen LogP contribution in [0.25, 0.3) is 0 Å². The van der Waals surface area contributed by atoms with Crippen molar-refractivity contribution >= 4 is 23.7 Å². The highest BCUT2D eigenvalue weighted by Gasteiger charge is 2.18. The SMILES string of the molecule is COC(=O)C(NC=S)c1ccccc1. The molecule has 74 valence electrons. The molecule has 1 rings (SSSR count). The third kappa shape index (κ3) is 2.53. The van der Waals surface area contributed by atoms with E-state index in [1.807, 2.05) is 30.3 Å². The Morgan fingerprint density at radius 1 is 1.50 bits per heavy atom. The number of rotatable bonds is 4. The van der Waals surface area contributed by atoms with Crippen LogP contribution >= 0.6 is 12.2 Å².